The van der Waals surface area contributed by atoms with Crippen molar-refractivity contribution in [1.29, 1.82) is 5.26 Å². The molecule has 2 rings (SSSR count). The van der Waals surface area contributed by atoms with Crippen LogP contribution in [0.1, 0.15) is 11.1 Å². The minimum absolute atomic E-state index is 0.629. The summed E-state index contributed by atoms with van der Waals surface area (Å²) in [5.41, 5.74) is 3.76. The summed E-state index contributed by atoms with van der Waals surface area (Å²) in [5.74, 6) is 0. The second-order valence-corrected chi connectivity index (χ2v) is 5.62. The lowest BCUT2D eigenvalue weighted by molar-refractivity contribution is 1.42. The molecule has 0 unspecified atom stereocenters. The Morgan fingerprint density at radius 2 is 1.83 bits per heavy atom. The van der Waals surface area contributed by atoms with E-state index in [-0.39, 0.29) is 0 Å². The van der Waals surface area contributed by atoms with Crippen molar-refractivity contribution in [3.63, 3.8) is 0 Å². The molecule has 0 radical (unpaired) electrons. The molecule has 0 aliphatic heterocycles. The largest absolute Gasteiger partial charge is 0.355 e. The Bertz CT molecular complexity index is 630. The summed E-state index contributed by atoms with van der Waals surface area (Å²) in [5, 5.41) is 12.2. The van der Waals surface area contributed by atoms with Crippen LogP contribution in [0, 0.1) is 18.3 Å². The normalized spacial score (nSPS) is 9.89. The first-order chi connectivity index (χ1) is 8.60. The summed E-state index contributed by atoms with van der Waals surface area (Å²) in [6, 6.07) is 13.8. The third-order valence-corrected chi connectivity index (χ3v) is 3.84. The Morgan fingerprint density at radius 3 is 2.50 bits per heavy atom. The van der Waals surface area contributed by atoms with Crippen LogP contribution in [0.25, 0.3) is 0 Å². The van der Waals surface area contributed by atoms with Gasteiger partial charge in [0.05, 0.1) is 11.3 Å². The molecule has 2 aromatic carbocycles. The van der Waals surface area contributed by atoms with E-state index in [4.69, 9.17) is 5.26 Å². The zero-order valence-electron chi connectivity index (χ0n) is 9.67. The zero-order valence-corrected chi connectivity index (χ0v) is 12.8. The Hall–Kier alpha value is -1.31. The molecule has 4 heteroatoms. The van der Waals surface area contributed by atoms with Crippen LogP contribution in [-0.2, 0) is 0 Å². The highest BCUT2D eigenvalue weighted by molar-refractivity contribution is 9.11. The number of hydrogen-bond acceptors (Lipinski definition) is 2. The van der Waals surface area contributed by atoms with E-state index in [2.05, 4.69) is 49.3 Å². The predicted octanol–water partition coefficient (Wildman–Crippen LogP) is 5.14. The first kappa shape index (κ1) is 13.1. The van der Waals surface area contributed by atoms with E-state index in [0.717, 1.165) is 20.3 Å². The van der Waals surface area contributed by atoms with Crippen molar-refractivity contribution >= 4 is 43.2 Å². The highest BCUT2D eigenvalue weighted by atomic mass is 79.9. The summed E-state index contributed by atoms with van der Waals surface area (Å²) >= 11 is 6.89. The maximum absolute atomic E-state index is 8.87. The number of benzene rings is 2. The maximum atomic E-state index is 8.87. The molecule has 0 spiro atoms. The Kier molecular flexibility index (Phi) is 4.05. The summed E-state index contributed by atoms with van der Waals surface area (Å²) in [6.45, 7) is 2.05. The average molecular weight is 366 g/mol. The molecule has 0 heterocycles. The van der Waals surface area contributed by atoms with Gasteiger partial charge in [-0.2, -0.15) is 5.26 Å². The fraction of sp³-hybridized carbons (Fsp3) is 0.0714. The number of hydrogen-bond donors (Lipinski definition) is 1. The number of halogens is 2. The second-order valence-electron chi connectivity index (χ2n) is 3.91. The van der Waals surface area contributed by atoms with Gasteiger partial charge in [-0.25, -0.2) is 0 Å². The van der Waals surface area contributed by atoms with Crippen LogP contribution in [0.5, 0.6) is 0 Å². The summed E-state index contributed by atoms with van der Waals surface area (Å²) in [7, 11) is 0. The van der Waals surface area contributed by atoms with Gasteiger partial charge in [0.1, 0.15) is 6.07 Å². The molecule has 0 saturated heterocycles. The lowest BCUT2D eigenvalue weighted by Gasteiger charge is -2.10. The molecule has 0 fully saturated rings. The van der Waals surface area contributed by atoms with E-state index in [9.17, 15) is 0 Å². The van der Waals surface area contributed by atoms with E-state index >= 15 is 0 Å². The molecule has 0 amide bonds. The highest BCUT2D eigenvalue weighted by Gasteiger charge is 2.03. The molecule has 0 aromatic heterocycles. The fourth-order valence-corrected chi connectivity index (χ4v) is 2.39. The quantitative estimate of drug-likeness (QED) is 0.800. The van der Waals surface area contributed by atoms with Gasteiger partial charge in [-0.05, 0) is 74.7 Å². The van der Waals surface area contributed by atoms with E-state index in [1.807, 2.05) is 31.2 Å². The molecule has 90 valence electrons. The van der Waals surface area contributed by atoms with Crippen LogP contribution in [-0.4, -0.2) is 0 Å². The first-order valence-electron chi connectivity index (χ1n) is 5.33. The summed E-state index contributed by atoms with van der Waals surface area (Å²) < 4.78 is 1.80. The number of nitrogens with zero attached hydrogens (tertiary/aromatic N) is 1. The third-order valence-electron chi connectivity index (χ3n) is 2.49. The molecule has 2 nitrogen and oxygen atoms in total. The second kappa shape index (κ2) is 5.55. The van der Waals surface area contributed by atoms with Gasteiger partial charge in [0.2, 0.25) is 0 Å². The average Bonchev–Trinajstić information content (AvgIpc) is 2.34. The number of aryl methyl sites for hydroxylation is 1. The molecular weight excluding hydrogens is 356 g/mol. The van der Waals surface area contributed by atoms with Crippen molar-refractivity contribution in [2.24, 2.45) is 0 Å². The predicted molar refractivity (Wildman–Crippen MR) is 81.0 cm³/mol. The Balaban J connectivity index is 2.32. The van der Waals surface area contributed by atoms with Gasteiger partial charge in [-0.15, -0.1) is 0 Å². The van der Waals surface area contributed by atoms with Crippen molar-refractivity contribution in [2.45, 2.75) is 6.92 Å². The van der Waals surface area contributed by atoms with Gasteiger partial charge in [0.15, 0.2) is 0 Å². The lowest BCUT2D eigenvalue weighted by atomic mass is 10.2. The SMILES string of the molecule is Cc1ccc(Br)c(Nc2ccc(C#N)c(Br)c2)c1. The fourth-order valence-electron chi connectivity index (χ4n) is 1.57. The van der Waals surface area contributed by atoms with Gasteiger partial charge < -0.3 is 5.32 Å². The van der Waals surface area contributed by atoms with Crippen LogP contribution in [0.15, 0.2) is 45.3 Å². The topological polar surface area (TPSA) is 35.8 Å². The summed E-state index contributed by atoms with van der Waals surface area (Å²) in [6.07, 6.45) is 0. The molecular formula is C14H10Br2N2. The van der Waals surface area contributed by atoms with Crippen LogP contribution in [0.2, 0.25) is 0 Å². The van der Waals surface area contributed by atoms with Gasteiger partial charge in [0, 0.05) is 14.6 Å². The maximum Gasteiger partial charge on any atom is 0.100 e. The van der Waals surface area contributed by atoms with Crippen molar-refractivity contribution in [3.05, 3.63) is 56.5 Å². The number of nitriles is 1. The highest BCUT2D eigenvalue weighted by Crippen LogP contribution is 2.29. The Labute approximate surface area is 123 Å². The van der Waals surface area contributed by atoms with E-state index in [0.29, 0.717) is 5.56 Å². The van der Waals surface area contributed by atoms with Gasteiger partial charge in [-0.1, -0.05) is 6.07 Å². The third kappa shape index (κ3) is 2.92. The number of rotatable bonds is 2. The van der Waals surface area contributed by atoms with Gasteiger partial charge >= 0.3 is 0 Å². The number of nitrogens with one attached hydrogen (secondary N) is 1. The first-order valence-corrected chi connectivity index (χ1v) is 6.91. The van der Waals surface area contributed by atoms with Crippen LogP contribution < -0.4 is 5.32 Å². The van der Waals surface area contributed by atoms with Crippen molar-refractivity contribution in [2.75, 3.05) is 5.32 Å². The lowest BCUT2D eigenvalue weighted by Crippen LogP contribution is -1.92. The van der Waals surface area contributed by atoms with Gasteiger partial charge in [0.25, 0.3) is 0 Å². The molecule has 0 saturated carbocycles. The molecule has 0 atom stereocenters. The van der Waals surface area contributed by atoms with E-state index < -0.39 is 0 Å². The number of anilines is 2. The minimum Gasteiger partial charge on any atom is -0.355 e. The van der Waals surface area contributed by atoms with E-state index in [1.165, 1.54) is 5.56 Å². The van der Waals surface area contributed by atoms with Crippen molar-refractivity contribution in [1.82, 2.24) is 0 Å². The van der Waals surface area contributed by atoms with E-state index in [1.54, 1.807) is 6.07 Å². The molecule has 18 heavy (non-hydrogen) atoms. The molecule has 0 aliphatic rings. The van der Waals surface area contributed by atoms with Crippen LogP contribution in [0.3, 0.4) is 0 Å². The molecule has 1 N–H and O–H groups in total. The minimum atomic E-state index is 0.629. The smallest absolute Gasteiger partial charge is 0.100 e. The van der Waals surface area contributed by atoms with Crippen molar-refractivity contribution < 1.29 is 0 Å². The molecule has 2 aromatic rings. The standard InChI is InChI=1S/C14H10Br2N2/c1-9-2-5-12(15)14(6-9)18-11-4-3-10(8-17)13(16)7-11/h2-7,18H,1H3. The van der Waals surface area contributed by atoms with Crippen LogP contribution >= 0.6 is 31.9 Å². The van der Waals surface area contributed by atoms with Gasteiger partial charge in [-0.3, -0.25) is 0 Å². The molecule has 0 bridgehead atoms. The molecule has 0 aliphatic carbocycles. The van der Waals surface area contributed by atoms with Crippen molar-refractivity contribution in [3.8, 4) is 6.07 Å². The zero-order chi connectivity index (χ0) is 13.1. The Morgan fingerprint density at radius 1 is 1.06 bits per heavy atom. The van der Waals surface area contributed by atoms with Crippen LogP contribution in [0.4, 0.5) is 11.4 Å². The summed E-state index contributed by atoms with van der Waals surface area (Å²) in [4.78, 5) is 0. The monoisotopic (exact) mass is 364 g/mol.